The van der Waals surface area contributed by atoms with E-state index in [1.165, 1.54) is 0 Å². The first-order chi connectivity index (χ1) is 63.9. The van der Waals surface area contributed by atoms with E-state index in [0.717, 1.165) is 42.7 Å². The highest BCUT2D eigenvalue weighted by atomic mass is 32.3. The van der Waals surface area contributed by atoms with Crippen molar-refractivity contribution in [1.29, 1.82) is 0 Å². The molecule has 0 radical (unpaired) electrons. The maximum Gasteiger partial charge on any atom is 0.397 e. The highest BCUT2D eigenvalue weighted by Gasteiger charge is 2.64. The summed E-state index contributed by atoms with van der Waals surface area (Å²) in [6.07, 6.45) is -88.6. The first kappa shape index (κ1) is 122. The number of carbonyl (C=O) groups excluding carboxylic acids is 1. The summed E-state index contributed by atoms with van der Waals surface area (Å²) in [5.41, 5.74) is 0. The highest BCUT2D eigenvalue weighted by Crippen LogP contribution is 2.45. The zero-order chi connectivity index (χ0) is 104. The number of hydrogen-bond donors (Lipinski definition) is 9. The maximum atomic E-state index is 13.8. The van der Waals surface area contributed by atoms with E-state index in [2.05, 4.69) is 39.0 Å². The van der Waals surface area contributed by atoms with Crippen molar-refractivity contribution in [3.63, 3.8) is 0 Å². The van der Waals surface area contributed by atoms with Crippen LogP contribution in [0.2, 0.25) is 0 Å². The summed E-state index contributed by atoms with van der Waals surface area (Å²) < 4.78 is 555. The van der Waals surface area contributed by atoms with Gasteiger partial charge >= 0.3 is 89.2 Å². The van der Waals surface area contributed by atoms with E-state index in [4.69, 9.17) is 136 Å². The predicted octanol–water partition coefficient (Wildman–Crippen LogP) is -13.3. The summed E-state index contributed by atoms with van der Waals surface area (Å²) >= 11 is -14.8. The van der Waals surface area contributed by atoms with E-state index in [9.17, 15) is 159 Å². The van der Waals surface area contributed by atoms with Gasteiger partial charge in [0, 0.05) is 69.9 Å². The molecule has 0 amide bonds. The van der Waals surface area contributed by atoms with Crippen molar-refractivity contribution in [2.45, 2.75) is 215 Å². The minimum Gasteiger partial charge on any atom is -0.748 e. The van der Waals surface area contributed by atoms with Gasteiger partial charge in [0.15, 0.2) is 80.8 Å². The summed E-state index contributed by atoms with van der Waals surface area (Å²) in [5.74, 6) is -6.62. The Morgan fingerprint density at radius 2 is 0.601 bits per heavy atom. The predicted molar refractivity (Wildman–Crippen MR) is 396 cm³/mol. The number of ether oxygens (including phenoxy) is 22. The molecule has 0 aromatic carbocycles. The third-order valence-corrected chi connectivity index (χ3v) is 23.7. The van der Waals surface area contributed by atoms with Crippen LogP contribution in [0.25, 0.3) is 0 Å². The molecule has 7 rings (SSSR count). The zero-order valence-electron chi connectivity index (χ0n) is 69.9. The fraction of sp³-hybridized carbons (Fsp3) is 0.962. The number of carbonyl (C=O) groups is 2. The second-order valence-electron chi connectivity index (χ2n) is 27.4. The van der Waals surface area contributed by atoms with Crippen molar-refractivity contribution in [2.24, 2.45) is 5.92 Å². The number of aliphatic carboxylic acids is 2. The molecule has 138 heavy (non-hydrogen) atoms. The molecule has 39 atom stereocenters. The van der Waals surface area contributed by atoms with E-state index in [1.54, 1.807) is 0 Å². The molecule has 0 bridgehead atoms. The first-order valence-corrected chi connectivity index (χ1v) is 51.3. The largest absolute Gasteiger partial charge is 0.748 e. The summed E-state index contributed by atoms with van der Waals surface area (Å²) in [6, 6.07) is 0. The molecule has 7 heterocycles. The quantitative estimate of drug-likeness (QED) is 0.00898. The molecular weight excluding hydrogens is 2190 g/mol. The third-order valence-electron chi connectivity index (χ3n) is 19.2. The number of carboxylic acid groups (broad SMARTS) is 2. The molecular formula is C52H83O74S12-5. The summed E-state index contributed by atoms with van der Waals surface area (Å²) in [4.78, 5) is 45.5. The SMILES string of the molecule is COC1C(OC)[C@H](O[C@@H]2OC(COOS(=O)[O-])[C@@H](O[C@@H]3OC(COOS(=O)[O-])[C@@H](OS(=O)(=O)O)[C@H](OC)C3OS(=O)(=O)O)[C@H](OC)C2OS(=O)(=O)O)C(COS(=O)(=O)O)O[C@@H]1O[C@@H]1C(C(=O)O)O[C@@H](O[C@@H]2C(COOS(=O)[O-])O[C@@H](OC(OC)[C@H]3CC(C(=O)[O-])O[C@@H](O[C@@H]4C(COS(=O)(=O)O)O[C@H](OC)C(OOS(=O)[O-])C4OS(=O)(=O)O)C3OC)C(OS(=O)(=O)O)[C@H]2OS(=O)(=O)O)C(OC)C1OC. The Morgan fingerprint density at radius 3 is 0.942 bits per heavy atom. The van der Waals surface area contributed by atoms with Crippen LogP contribution in [0.3, 0.4) is 0 Å². The fourth-order valence-corrected chi connectivity index (χ4v) is 18.6. The zero-order valence-corrected chi connectivity index (χ0v) is 79.7. The van der Waals surface area contributed by atoms with Crippen LogP contribution in [0.4, 0.5) is 0 Å². The Labute approximate surface area is 787 Å². The van der Waals surface area contributed by atoms with Crippen LogP contribution in [0.5, 0.6) is 0 Å². The maximum absolute atomic E-state index is 13.8. The van der Waals surface area contributed by atoms with Crippen molar-refractivity contribution in [2.75, 3.05) is 97.0 Å². The van der Waals surface area contributed by atoms with Crippen LogP contribution >= 0.6 is 0 Å². The molecule has 812 valence electrons. The van der Waals surface area contributed by atoms with Gasteiger partial charge in [0.2, 0.25) is 0 Å². The minimum absolute atomic E-state index is 0.631. The van der Waals surface area contributed by atoms with Gasteiger partial charge < -0.3 is 137 Å². The van der Waals surface area contributed by atoms with E-state index >= 15 is 0 Å². The molecule has 7 aliphatic heterocycles. The van der Waals surface area contributed by atoms with Crippen molar-refractivity contribution in [3.05, 3.63) is 0 Å². The normalized spacial score (nSPS) is 36.9. The van der Waals surface area contributed by atoms with Crippen LogP contribution < -0.4 is 5.11 Å². The monoisotopic (exact) mass is 2270 g/mol. The Balaban J connectivity index is 1.29. The topological polar surface area (TPSA) is 1020 Å². The van der Waals surface area contributed by atoms with Crippen LogP contribution in [0.1, 0.15) is 6.42 Å². The average Bonchev–Trinajstić information content (AvgIpc) is 0.745. The Kier molecular flexibility index (Phi) is 46.7. The van der Waals surface area contributed by atoms with Crippen molar-refractivity contribution >= 4 is 141 Å². The van der Waals surface area contributed by atoms with Gasteiger partial charge in [-0.3, -0.25) is 36.4 Å². The number of hydrogen-bond acceptors (Lipinski definition) is 65. The molecule has 7 saturated heterocycles. The molecule has 86 heteroatoms. The van der Waals surface area contributed by atoms with Crippen molar-refractivity contribution in [3.8, 4) is 0 Å². The molecule has 7 aliphatic rings. The minimum atomic E-state index is -6.33. The van der Waals surface area contributed by atoms with Crippen LogP contribution in [0, 0.1) is 5.92 Å². The average molecular weight is 2280 g/mol. The lowest BCUT2D eigenvalue weighted by Crippen LogP contribution is -2.69. The van der Waals surface area contributed by atoms with Gasteiger partial charge in [-0.25, -0.2) is 74.6 Å². The molecule has 9 N–H and O–H groups in total. The smallest absolute Gasteiger partial charge is 0.397 e. The van der Waals surface area contributed by atoms with Gasteiger partial charge in [0.1, 0.15) is 193 Å². The second kappa shape index (κ2) is 52.8. The molecule has 0 aliphatic carbocycles. The van der Waals surface area contributed by atoms with Gasteiger partial charge in [0.05, 0.1) is 19.2 Å². The number of carboxylic acids is 2. The molecule has 0 aromatic heterocycles. The van der Waals surface area contributed by atoms with E-state index in [1.807, 2.05) is 0 Å². The first-order valence-electron chi connectivity index (χ1n) is 36.4. The summed E-state index contributed by atoms with van der Waals surface area (Å²) in [7, 11) is -41.5. The number of rotatable bonds is 57. The van der Waals surface area contributed by atoms with Crippen molar-refractivity contribution in [1.82, 2.24) is 0 Å². The standard InChI is InChI=1S/C52H88O74S12/c1-89-23-16(10-17(43(53)54)103-47(23)111-27-22(15-102-132(68,69)70)104-46(97-9)39(116-126-130(63)64)34(27)118-134(74,75)76)45(96-8)115-52-42(122-138(86,87)88)35(119-135(77,78)79)26(19(106-52)12-99-124-128(59)60)112-49-38(95-7)32(93-5)33(36(114-49)44(55)56)113-48-37(94-6)29(90-2)25(21(108-48)14-101-131(65,66)67)110-50-40(120-136(80,81)82)30(91-3)24(18(105-50)11-98-123-127(57)58)109-51-41(121-137(83,84)85)31(92-4)28(117-133(71,72)73)20(107-51)13-100-125-129(61)62/h16-42,45-52H,10-15H2,1-9H3,(H,53,54)(H,55,56)(H,57,58)(H,59,60)(H,61,62)(H,63,64)(H,65,66,67)(H,68,69,70)(H,71,72,73)(H,74,75,76)(H,77,78,79)(H,80,81,82)(H,83,84,85)(H,86,87,88)/p-5/t16-,17?,18?,19?,20?,21?,22?,23?,24+,25+,26+,27+,28+,29?,30-,31-,32?,33-,34?,35-,36?,37?,38?,39?,40?,41?,42?,45?,46-,47-,48+,49+,50-,51-,52-/m0/s1. The van der Waals surface area contributed by atoms with E-state index in [0.29, 0.717) is 21.3 Å². The van der Waals surface area contributed by atoms with E-state index < -0.39 is 395 Å². The number of methoxy groups -OCH3 is 9. The van der Waals surface area contributed by atoms with Gasteiger partial charge in [0.25, 0.3) is 0 Å². The van der Waals surface area contributed by atoms with Gasteiger partial charge in [-0.05, 0) is 6.42 Å². The molecule has 0 aromatic rings. The molecule has 7 fully saturated rings. The molecule has 74 nitrogen and oxygen atoms in total. The van der Waals surface area contributed by atoms with Gasteiger partial charge in [-0.15, -0.1) is 17.3 Å². The molecule has 0 spiro atoms. The summed E-state index contributed by atoms with van der Waals surface area (Å²) in [5, 5.41) is 24.1. The van der Waals surface area contributed by atoms with Gasteiger partial charge in [-0.2, -0.15) is 67.3 Å². The lowest BCUT2D eigenvalue weighted by Gasteiger charge is -2.51. The second-order valence-corrected chi connectivity index (χ2v) is 38.1. The molecule has 22 unspecified atom stereocenters. The Bertz CT molecular complexity index is 4980. The summed E-state index contributed by atoms with van der Waals surface area (Å²) in [6.45, 7) is -7.75. The Hall–Kier alpha value is -2.86. The van der Waals surface area contributed by atoms with E-state index in [-0.39, 0.29) is 0 Å². The van der Waals surface area contributed by atoms with Gasteiger partial charge in [-0.1, -0.05) is 0 Å². The van der Waals surface area contributed by atoms with Crippen LogP contribution in [-0.2, 0) is 313 Å². The lowest BCUT2D eigenvalue weighted by atomic mass is 9.90. The Morgan fingerprint density at radius 1 is 0.319 bits per heavy atom. The van der Waals surface area contributed by atoms with Crippen molar-refractivity contribution < 1.29 is 333 Å². The fourth-order valence-electron chi connectivity index (χ4n) is 14.5. The highest BCUT2D eigenvalue weighted by molar-refractivity contribution is 7.82. The molecule has 0 saturated carbocycles. The lowest BCUT2D eigenvalue weighted by molar-refractivity contribution is -0.401. The van der Waals surface area contributed by atoms with Crippen LogP contribution in [-0.4, -0.2) is 462 Å². The van der Waals surface area contributed by atoms with Crippen LogP contribution in [0.15, 0.2) is 0 Å². The third kappa shape index (κ3) is 36.6.